The first-order valence-corrected chi connectivity index (χ1v) is 8.60. The molecule has 0 aliphatic rings. The number of nitrogen functional groups attached to an aromatic ring is 1. The summed E-state index contributed by atoms with van der Waals surface area (Å²) in [7, 11) is 1.59. The molecule has 9 heteroatoms. The molecule has 124 valence electrons. The second-order valence-electron chi connectivity index (χ2n) is 4.70. The Morgan fingerprint density at radius 2 is 2.22 bits per heavy atom. The smallest absolute Gasteiger partial charge is 0.233 e. The second kappa shape index (κ2) is 8.32. The molecule has 0 aliphatic carbocycles. The van der Waals surface area contributed by atoms with Crippen LogP contribution in [0, 0.1) is 0 Å². The minimum Gasteiger partial charge on any atom is -0.383 e. The molecule has 0 unspecified atom stereocenters. The number of nitrogens with zero attached hydrogens (tertiary/aromatic N) is 3. The van der Waals surface area contributed by atoms with Gasteiger partial charge in [0.2, 0.25) is 11.1 Å². The summed E-state index contributed by atoms with van der Waals surface area (Å²) in [5.41, 5.74) is 0.839. The summed E-state index contributed by atoms with van der Waals surface area (Å²) < 4.78 is 7.17. The van der Waals surface area contributed by atoms with E-state index in [-0.39, 0.29) is 11.2 Å². The number of halogens is 1. The lowest BCUT2D eigenvalue weighted by molar-refractivity contribution is -0.120. The van der Waals surface area contributed by atoms with E-state index in [1.54, 1.807) is 14.0 Å². The Balaban J connectivity index is 2.08. The van der Waals surface area contributed by atoms with Gasteiger partial charge in [-0.2, -0.15) is 0 Å². The van der Waals surface area contributed by atoms with Gasteiger partial charge >= 0.3 is 0 Å². The summed E-state index contributed by atoms with van der Waals surface area (Å²) in [6.45, 7) is 2.74. The monoisotopic (exact) mass is 399 g/mol. The topological polar surface area (TPSA) is 95.1 Å². The number of rotatable bonds is 7. The number of nitrogens with one attached hydrogen (secondary N) is 1. The molecular formula is C14H18BrN5O2S. The zero-order chi connectivity index (χ0) is 16.8. The van der Waals surface area contributed by atoms with E-state index < -0.39 is 0 Å². The number of thioether (sulfide) groups is 1. The van der Waals surface area contributed by atoms with Crippen LogP contribution in [0.3, 0.4) is 0 Å². The van der Waals surface area contributed by atoms with Gasteiger partial charge in [0.15, 0.2) is 5.82 Å². The molecule has 1 amide bonds. The number of carbonyl (C=O) groups excluding carboxylic acids is 1. The van der Waals surface area contributed by atoms with E-state index in [9.17, 15) is 4.79 Å². The highest BCUT2D eigenvalue weighted by atomic mass is 79.9. The van der Waals surface area contributed by atoms with Crippen LogP contribution in [0.1, 0.15) is 6.92 Å². The SMILES string of the molecule is COCCNC(=O)[C@H](C)Sc1nnc(-c2ccccc2Br)n1N. The van der Waals surface area contributed by atoms with Crippen molar-refractivity contribution in [3.8, 4) is 11.4 Å². The summed E-state index contributed by atoms with van der Waals surface area (Å²) in [4.78, 5) is 12.0. The molecule has 23 heavy (non-hydrogen) atoms. The third-order valence-corrected chi connectivity index (χ3v) is 4.78. The lowest BCUT2D eigenvalue weighted by Crippen LogP contribution is -2.33. The predicted octanol–water partition coefficient (Wildman–Crippen LogP) is 1.66. The lowest BCUT2D eigenvalue weighted by atomic mass is 10.2. The van der Waals surface area contributed by atoms with Crippen LogP contribution < -0.4 is 11.2 Å². The van der Waals surface area contributed by atoms with Gasteiger partial charge in [-0.15, -0.1) is 10.2 Å². The molecular weight excluding hydrogens is 382 g/mol. The van der Waals surface area contributed by atoms with Crippen LogP contribution >= 0.6 is 27.7 Å². The van der Waals surface area contributed by atoms with Crippen molar-refractivity contribution in [2.75, 3.05) is 26.1 Å². The van der Waals surface area contributed by atoms with E-state index in [2.05, 4.69) is 31.4 Å². The zero-order valence-electron chi connectivity index (χ0n) is 12.8. The Hall–Kier alpha value is -1.58. The molecule has 0 saturated carbocycles. The van der Waals surface area contributed by atoms with Crippen molar-refractivity contribution in [2.45, 2.75) is 17.3 Å². The van der Waals surface area contributed by atoms with E-state index in [0.717, 1.165) is 10.0 Å². The van der Waals surface area contributed by atoms with Crippen LogP contribution in [0.5, 0.6) is 0 Å². The molecule has 1 aromatic carbocycles. The maximum atomic E-state index is 12.0. The molecule has 1 aromatic heterocycles. The fourth-order valence-corrected chi connectivity index (χ4v) is 3.07. The molecule has 0 fully saturated rings. The van der Waals surface area contributed by atoms with Crippen LogP contribution in [0.4, 0.5) is 0 Å². The van der Waals surface area contributed by atoms with Crippen molar-refractivity contribution < 1.29 is 9.53 Å². The van der Waals surface area contributed by atoms with Crippen LogP contribution in [0.15, 0.2) is 33.9 Å². The van der Waals surface area contributed by atoms with Gasteiger partial charge < -0.3 is 15.9 Å². The molecule has 7 nitrogen and oxygen atoms in total. The van der Waals surface area contributed by atoms with Crippen LogP contribution in [-0.4, -0.2) is 46.3 Å². The Labute approximate surface area is 147 Å². The quantitative estimate of drug-likeness (QED) is 0.417. The third-order valence-electron chi connectivity index (χ3n) is 3.04. The van der Waals surface area contributed by atoms with Gasteiger partial charge in [-0.05, 0) is 19.1 Å². The van der Waals surface area contributed by atoms with Gasteiger partial charge in [-0.3, -0.25) is 4.79 Å². The number of methoxy groups -OCH3 is 1. The van der Waals surface area contributed by atoms with Crippen molar-refractivity contribution in [2.24, 2.45) is 0 Å². The van der Waals surface area contributed by atoms with Gasteiger partial charge in [-0.25, -0.2) is 4.68 Å². The Kier molecular flexibility index (Phi) is 6.43. The highest BCUT2D eigenvalue weighted by Crippen LogP contribution is 2.29. The van der Waals surface area contributed by atoms with Gasteiger partial charge in [0.05, 0.1) is 11.9 Å². The molecule has 3 N–H and O–H groups in total. The van der Waals surface area contributed by atoms with Crippen molar-refractivity contribution in [3.63, 3.8) is 0 Å². The summed E-state index contributed by atoms with van der Waals surface area (Å²) in [6.07, 6.45) is 0. The predicted molar refractivity (Wildman–Crippen MR) is 93.5 cm³/mol. The standard InChI is InChI=1S/C14H18BrN5O2S/c1-9(13(21)17-7-8-22-2)23-14-19-18-12(20(14)16)10-5-3-4-6-11(10)15/h3-6,9H,7-8,16H2,1-2H3,(H,17,21)/t9-/m0/s1. The number of nitrogens with two attached hydrogens (primary N) is 1. The van der Waals surface area contributed by atoms with E-state index in [4.69, 9.17) is 10.6 Å². The molecule has 0 radical (unpaired) electrons. The maximum Gasteiger partial charge on any atom is 0.233 e. The first kappa shape index (κ1) is 17.8. The second-order valence-corrected chi connectivity index (χ2v) is 6.86. The van der Waals surface area contributed by atoms with Gasteiger partial charge in [0.25, 0.3) is 0 Å². The highest BCUT2D eigenvalue weighted by Gasteiger charge is 2.20. The molecule has 1 atom stereocenters. The van der Waals surface area contributed by atoms with Crippen LogP contribution in [0.2, 0.25) is 0 Å². The van der Waals surface area contributed by atoms with Gasteiger partial charge in [0.1, 0.15) is 0 Å². The normalized spacial score (nSPS) is 12.1. The number of benzene rings is 1. The van der Waals surface area contributed by atoms with Crippen molar-refractivity contribution in [3.05, 3.63) is 28.7 Å². The van der Waals surface area contributed by atoms with Gasteiger partial charge in [0, 0.05) is 23.7 Å². The maximum absolute atomic E-state index is 12.0. The van der Waals surface area contributed by atoms with Crippen LogP contribution in [-0.2, 0) is 9.53 Å². The van der Waals surface area contributed by atoms with Crippen molar-refractivity contribution in [1.29, 1.82) is 0 Å². The summed E-state index contributed by atoms with van der Waals surface area (Å²) in [6, 6.07) is 7.61. The molecule has 1 heterocycles. The average molecular weight is 400 g/mol. The molecule has 0 spiro atoms. The number of hydrogen-bond acceptors (Lipinski definition) is 6. The van der Waals surface area contributed by atoms with E-state index in [1.165, 1.54) is 16.4 Å². The molecule has 0 bridgehead atoms. The first-order valence-electron chi connectivity index (χ1n) is 6.93. The Morgan fingerprint density at radius 3 is 2.91 bits per heavy atom. The fourth-order valence-electron chi connectivity index (χ4n) is 1.82. The fraction of sp³-hybridized carbons (Fsp3) is 0.357. The number of aromatic nitrogens is 3. The van der Waals surface area contributed by atoms with E-state index in [0.29, 0.717) is 24.1 Å². The number of ether oxygens (including phenoxy) is 1. The lowest BCUT2D eigenvalue weighted by Gasteiger charge is -2.11. The molecule has 2 aromatic rings. The number of carbonyl (C=O) groups is 1. The van der Waals surface area contributed by atoms with E-state index >= 15 is 0 Å². The van der Waals surface area contributed by atoms with Crippen LogP contribution in [0.25, 0.3) is 11.4 Å². The Bertz CT molecular complexity index is 679. The zero-order valence-corrected chi connectivity index (χ0v) is 15.2. The van der Waals surface area contributed by atoms with Gasteiger partial charge in [-0.1, -0.05) is 39.8 Å². The van der Waals surface area contributed by atoms with E-state index in [1.807, 2.05) is 24.3 Å². The summed E-state index contributed by atoms with van der Waals surface area (Å²) >= 11 is 4.72. The molecule has 2 rings (SSSR count). The Morgan fingerprint density at radius 1 is 1.48 bits per heavy atom. The number of hydrogen-bond donors (Lipinski definition) is 2. The summed E-state index contributed by atoms with van der Waals surface area (Å²) in [5, 5.41) is 11.1. The summed E-state index contributed by atoms with van der Waals surface area (Å²) in [5.74, 6) is 6.51. The highest BCUT2D eigenvalue weighted by molar-refractivity contribution is 9.10. The number of amides is 1. The van der Waals surface area contributed by atoms with Crippen molar-refractivity contribution in [1.82, 2.24) is 20.2 Å². The average Bonchev–Trinajstić information content (AvgIpc) is 2.89. The molecule has 0 aliphatic heterocycles. The largest absolute Gasteiger partial charge is 0.383 e. The molecule has 0 saturated heterocycles. The third kappa shape index (κ3) is 4.46. The minimum absolute atomic E-state index is 0.0995. The minimum atomic E-state index is -0.342. The first-order chi connectivity index (χ1) is 11.0. The van der Waals surface area contributed by atoms with Crippen molar-refractivity contribution >= 4 is 33.6 Å².